The van der Waals surface area contributed by atoms with Crippen molar-refractivity contribution in [1.29, 1.82) is 0 Å². The van der Waals surface area contributed by atoms with E-state index < -0.39 is 11.6 Å². The number of hydrogen-bond acceptors (Lipinski definition) is 4. The van der Waals surface area contributed by atoms with Crippen LogP contribution >= 0.6 is 0 Å². The van der Waals surface area contributed by atoms with E-state index in [9.17, 15) is 9.90 Å². The zero-order valence-corrected chi connectivity index (χ0v) is 17.3. The lowest BCUT2D eigenvalue weighted by Crippen LogP contribution is -2.50. The van der Waals surface area contributed by atoms with Crippen molar-refractivity contribution >= 4 is 5.97 Å². The van der Waals surface area contributed by atoms with Crippen LogP contribution in [0, 0.1) is 5.92 Å². The molecular weight excluding hydrogens is 368 g/mol. The Hall–Kier alpha value is -2.53. The van der Waals surface area contributed by atoms with E-state index in [1.54, 1.807) is 18.2 Å². The van der Waals surface area contributed by atoms with Gasteiger partial charge in [-0.25, -0.2) is 4.79 Å². The van der Waals surface area contributed by atoms with Gasteiger partial charge in [-0.1, -0.05) is 12.1 Å². The lowest BCUT2D eigenvalue weighted by Gasteiger charge is -2.50. The highest BCUT2D eigenvalue weighted by Gasteiger charge is 2.50. The number of carboxylic acids is 1. The molecule has 2 heterocycles. The highest BCUT2D eigenvalue weighted by molar-refractivity contribution is 5.88. The lowest BCUT2D eigenvalue weighted by atomic mass is 9.70. The third-order valence-corrected chi connectivity index (χ3v) is 6.25. The maximum Gasteiger partial charge on any atom is 0.335 e. The molecule has 154 valence electrons. The van der Waals surface area contributed by atoms with Gasteiger partial charge in [0, 0.05) is 17.4 Å². The number of carbonyl (C=O) groups is 1. The number of rotatable bonds is 4. The summed E-state index contributed by atoms with van der Waals surface area (Å²) < 4.78 is 18.4. The van der Waals surface area contributed by atoms with Crippen LogP contribution in [0.1, 0.15) is 67.6 Å². The second kappa shape index (κ2) is 7.38. The summed E-state index contributed by atoms with van der Waals surface area (Å²) in [6, 6.07) is 13.3. The van der Waals surface area contributed by atoms with Gasteiger partial charge in [0.2, 0.25) is 0 Å². The van der Waals surface area contributed by atoms with Crippen LogP contribution in [0.4, 0.5) is 0 Å². The number of ether oxygens (including phenoxy) is 3. The van der Waals surface area contributed by atoms with Gasteiger partial charge in [-0.2, -0.15) is 0 Å². The summed E-state index contributed by atoms with van der Waals surface area (Å²) in [4.78, 5) is 11.5. The number of fused-ring (bicyclic) bond motifs is 3. The highest BCUT2D eigenvalue weighted by atomic mass is 16.5. The van der Waals surface area contributed by atoms with E-state index in [1.165, 1.54) is 5.56 Å². The lowest BCUT2D eigenvalue weighted by molar-refractivity contribution is -0.153. The number of carboxylic acid groups (broad SMARTS) is 1. The van der Waals surface area contributed by atoms with Crippen LogP contribution < -0.4 is 9.47 Å². The topological polar surface area (TPSA) is 65.0 Å². The molecule has 5 nitrogen and oxygen atoms in total. The molecule has 1 N–H and O–H groups in total. The van der Waals surface area contributed by atoms with Gasteiger partial charge < -0.3 is 19.3 Å². The highest BCUT2D eigenvalue weighted by Crippen LogP contribution is 2.53. The van der Waals surface area contributed by atoms with Crippen molar-refractivity contribution in [2.24, 2.45) is 5.92 Å². The van der Waals surface area contributed by atoms with Crippen molar-refractivity contribution in [3.63, 3.8) is 0 Å². The van der Waals surface area contributed by atoms with Crippen LogP contribution in [-0.4, -0.2) is 29.4 Å². The van der Waals surface area contributed by atoms with Gasteiger partial charge in [0.25, 0.3) is 0 Å². The molecule has 29 heavy (non-hydrogen) atoms. The SMILES string of the molecule is CCOc1ccc([C@@H]2C[C@H]3[C@H](OC2C)c2cc(C(=O)O)ccc2OC3(C)C)cc1. The molecule has 1 unspecified atom stereocenters. The molecule has 0 bridgehead atoms. The molecule has 4 atom stereocenters. The molecule has 0 aromatic heterocycles. The Kier molecular flexibility index (Phi) is 5.03. The molecule has 2 aliphatic rings. The van der Waals surface area contributed by atoms with Crippen molar-refractivity contribution in [1.82, 2.24) is 0 Å². The first-order valence-corrected chi connectivity index (χ1v) is 10.2. The minimum atomic E-state index is -0.940. The minimum absolute atomic E-state index is 0.00410. The molecule has 0 amide bonds. The van der Waals surface area contributed by atoms with Crippen LogP contribution in [-0.2, 0) is 4.74 Å². The Morgan fingerprint density at radius 1 is 1.21 bits per heavy atom. The predicted octanol–water partition coefficient (Wildman–Crippen LogP) is 5.20. The Morgan fingerprint density at radius 3 is 2.59 bits per heavy atom. The first-order valence-electron chi connectivity index (χ1n) is 10.2. The standard InChI is InChI=1S/C24H28O5/c1-5-27-17-9-6-15(7-10-17)18-13-20-22(28-14(18)2)19-12-16(23(25)26)8-11-21(19)29-24(20,3)4/h6-12,14,18,20,22H,5,13H2,1-4H3,(H,25,26)/t14?,18-,20+,22-/m1/s1. The largest absolute Gasteiger partial charge is 0.494 e. The van der Waals surface area contributed by atoms with Crippen LogP contribution in [0.5, 0.6) is 11.5 Å². The van der Waals surface area contributed by atoms with Crippen LogP contribution in [0.15, 0.2) is 42.5 Å². The Labute approximate surface area is 171 Å². The molecule has 2 aliphatic heterocycles. The summed E-state index contributed by atoms with van der Waals surface area (Å²) in [5.74, 6) is 0.999. The first kappa shape index (κ1) is 19.8. The fourth-order valence-corrected chi connectivity index (χ4v) is 4.69. The van der Waals surface area contributed by atoms with Gasteiger partial charge in [0.15, 0.2) is 0 Å². The fraction of sp³-hybridized carbons (Fsp3) is 0.458. The Balaban J connectivity index is 1.66. The van der Waals surface area contributed by atoms with E-state index in [-0.39, 0.29) is 29.6 Å². The van der Waals surface area contributed by atoms with Crippen molar-refractivity contribution in [2.75, 3.05) is 6.61 Å². The van der Waals surface area contributed by atoms with Gasteiger partial charge >= 0.3 is 5.97 Å². The number of aromatic carboxylic acids is 1. The normalized spacial score (nSPS) is 27.3. The summed E-state index contributed by atoms with van der Waals surface area (Å²) >= 11 is 0. The zero-order valence-electron chi connectivity index (χ0n) is 17.3. The molecule has 1 saturated heterocycles. The minimum Gasteiger partial charge on any atom is -0.494 e. The van der Waals surface area contributed by atoms with Crippen molar-refractivity contribution < 1.29 is 24.1 Å². The molecule has 5 heteroatoms. The number of hydrogen-bond donors (Lipinski definition) is 1. The van der Waals surface area contributed by atoms with E-state index in [4.69, 9.17) is 14.2 Å². The molecular formula is C24H28O5. The zero-order chi connectivity index (χ0) is 20.8. The average Bonchev–Trinajstić information content (AvgIpc) is 2.68. The maximum absolute atomic E-state index is 11.5. The first-order chi connectivity index (χ1) is 13.8. The Bertz CT molecular complexity index is 902. The molecule has 1 fully saturated rings. The second-order valence-electron chi connectivity index (χ2n) is 8.48. The molecule has 2 aromatic carbocycles. The third kappa shape index (κ3) is 3.60. The smallest absolute Gasteiger partial charge is 0.335 e. The second-order valence-corrected chi connectivity index (χ2v) is 8.48. The Morgan fingerprint density at radius 2 is 1.93 bits per heavy atom. The van der Waals surface area contributed by atoms with E-state index >= 15 is 0 Å². The van der Waals surface area contributed by atoms with Crippen molar-refractivity contribution in [3.05, 3.63) is 59.2 Å². The fourth-order valence-electron chi connectivity index (χ4n) is 4.69. The van der Waals surface area contributed by atoms with E-state index in [0.717, 1.165) is 17.7 Å². The van der Waals surface area contributed by atoms with Crippen LogP contribution in [0.3, 0.4) is 0 Å². The molecule has 0 saturated carbocycles. The summed E-state index contributed by atoms with van der Waals surface area (Å²) in [5, 5.41) is 9.40. The van der Waals surface area contributed by atoms with Crippen molar-refractivity contribution in [3.8, 4) is 11.5 Å². The van der Waals surface area contributed by atoms with Gasteiger partial charge in [-0.3, -0.25) is 0 Å². The van der Waals surface area contributed by atoms with Gasteiger partial charge in [-0.05, 0) is 70.0 Å². The molecule has 2 aromatic rings. The molecule has 4 rings (SSSR count). The van der Waals surface area contributed by atoms with Gasteiger partial charge in [-0.15, -0.1) is 0 Å². The van der Waals surface area contributed by atoms with E-state index in [0.29, 0.717) is 12.4 Å². The van der Waals surface area contributed by atoms with Crippen molar-refractivity contribution in [2.45, 2.75) is 57.8 Å². The summed E-state index contributed by atoms with van der Waals surface area (Å²) in [6.07, 6.45) is 0.732. The third-order valence-electron chi connectivity index (χ3n) is 6.25. The molecule has 0 radical (unpaired) electrons. The monoisotopic (exact) mass is 396 g/mol. The van der Waals surface area contributed by atoms with E-state index in [2.05, 4.69) is 32.9 Å². The maximum atomic E-state index is 11.5. The average molecular weight is 396 g/mol. The van der Waals surface area contributed by atoms with E-state index in [1.807, 2.05) is 19.1 Å². The van der Waals surface area contributed by atoms with Crippen LogP contribution in [0.25, 0.3) is 0 Å². The van der Waals surface area contributed by atoms with Gasteiger partial charge in [0.05, 0.1) is 24.4 Å². The van der Waals surface area contributed by atoms with Gasteiger partial charge in [0.1, 0.15) is 17.1 Å². The summed E-state index contributed by atoms with van der Waals surface area (Å²) in [7, 11) is 0. The quantitative estimate of drug-likeness (QED) is 0.769. The predicted molar refractivity (Wildman–Crippen MR) is 110 cm³/mol. The van der Waals surface area contributed by atoms with Crippen LogP contribution in [0.2, 0.25) is 0 Å². The number of benzene rings is 2. The molecule has 0 spiro atoms. The summed E-state index contributed by atoms with van der Waals surface area (Å²) in [5.41, 5.74) is 1.91. The summed E-state index contributed by atoms with van der Waals surface area (Å²) in [6.45, 7) is 8.90. The molecule has 0 aliphatic carbocycles.